The molecule has 0 amide bonds. The summed E-state index contributed by atoms with van der Waals surface area (Å²) in [5, 5.41) is 3.09. The van der Waals surface area contributed by atoms with Crippen LogP contribution < -0.4 is 15.8 Å². The molecule has 3 N–H and O–H groups in total. The van der Waals surface area contributed by atoms with Crippen LogP contribution in [0, 0.1) is 0 Å². The standard InChI is InChI=1S/C16H26N4O2/c1-12(11-21-2)20-16(17)19-10-13-6-5-9-18-15(13)22-14-7-3-4-8-14/h5-6,9,12,14H,3-4,7-8,10-11H2,1-2H3,(H3,17,19,20). The van der Waals surface area contributed by atoms with Gasteiger partial charge in [0.15, 0.2) is 5.96 Å². The minimum atomic E-state index is 0.122. The van der Waals surface area contributed by atoms with E-state index in [0.29, 0.717) is 25.0 Å². The van der Waals surface area contributed by atoms with Crippen molar-refractivity contribution in [1.29, 1.82) is 0 Å². The molecule has 0 radical (unpaired) electrons. The Balaban J connectivity index is 1.93. The molecule has 1 unspecified atom stereocenters. The van der Waals surface area contributed by atoms with E-state index < -0.39 is 0 Å². The Hall–Kier alpha value is -1.82. The quantitative estimate of drug-likeness (QED) is 0.593. The van der Waals surface area contributed by atoms with Gasteiger partial charge in [-0.1, -0.05) is 6.07 Å². The third-order valence-electron chi connectivity index (χ3n) is 3.66. The van der Waals surface area contributed by atoms with Gasteiger partial charge in [0.25, 0.3) is 0 Å². The second kappa shape index (κ2) is 8.58. The Morgan fingerprint density at radius 2 is 2.27 bits per heavy atom. The second-order valence-corrected chi connectivity index (χ2v) is 5.69. The maximum Gasteiger partial charge on any atom is 0.218 e. The molecule has 1 saturated carbocycles. The van der Waals surface area contributed by atoms with Crippen LogP contribution in [-0.4, -0.2) is 36.8 Å². The molecule has 1 atom stereocenters. The van der Waals surface area contributed by atoms with E-state index in [1.165, 1.54) is 12.8 Å². The van der Waals surface area contributed by atoms with Crippen molar-refractivity contribution in [3.63, 3.8) is 0 Å². The highest BCUT2D eigenvalue weighted by molar-refractivity contribution is 5.78. The molecule has 0 aromatic carbocycles. The fourth-order valence-electron chi connectivity index (χ4n) is 2.57. The number of aliphatic imine (C=N–C) groups is 1. The Morgan fingerprint density at radius 3 is 3.00 bits per heavy atom. The first-order valence-corrected chi connectivity index (χ1v) is 7.85. The first-order chi connectivity index (χ1) is 10.7. The molecule has 1 aromatic heterocycles. The monoisotopic (exact) mass is 306 g/mol. The molecule has 0 bridgehead atoms. The van der Waals surface area contributed by atoms with Crippen molar-refractivity contribution in [3.05, 3.63) is 23.9 Å². The summed E-state index contributed by atoms with van der Waals surface area (Å²) in [5.41, 5.74) is 6.85. The Kier molecular flexibility index (Phi) is 6.45. The van der Waals surface area contributed by atoms with E-state index in [1.807, 2.05) is 19.1 Å². The fourth-order valence-corrected chi connectivity index (χ4v) is 2.57. The zero-order chi connectivity index (χ0) is 15.8. The van der Waals surface area contributed by atoms with Crippen molar-refractivity contribution in [2.75, 3.05) is 13.7 Å². The van der Waals surface area contributed by atoms with E-state index in [1.54, 1.807) is 13.3 Å². The van der Waals surface area contributed by atoms with Crippen LogP contribution in [0.4, 0.5) is 0 Å². The van der Waals surface area contributed by atoms with E-state index in [-0.39, 0.29) is 12.1 Å². The number of methoxy groups -OCH3 is 1. The van der Waals surface area contributed by atoms with Gasteiger partial charge in [0.2, 0.25) is 5.88 Å². The number of ether oxygens (including phenoxy) is 2. The van der Waals surface area contributed by atoms with E-state index in [2.05, 4.69) is 15.3 Å². The molecule has 1 aromatic rings. The molecule has 0 aliphatic heterocycles. The largest absolute Gasteiger partial charge is 0.474 e. The molecular weight excluding hydrogens is 280 g/mol. The number of hydrogen-bond donors (Lipinski definition) is 2. The third kappa shape index (κ3) is 5.18. The Bertz CT molecular complexity index is 487. The smallest absolute Gasteiger partial charge is 0.218 e. The van der Waals surface area contributed by atoms with Crippen molar-refractivity contribution >= 4 is 5.96 Å². The predicted octanol–water partition coefficient (Wildman–Crippen LogP) is 1.84. The molecule has 6 nitrogen and oxygen atoms in total. The molecule has 1 fully saturated rings. The minimum Gasteiger partial charge on any atom is -0.474 e. The average molecular weight is 306 g/mol. The van der Waals surface area contributed by atoms with Crippen molar-refractivity contribution in [1.82, 2.24) is 10.3 Å². The van der Waals surface area contributed by atoms with E-state index in [0.717, 1.165) is 18.4 Å². The van der Waals surface area contributed by atoms with Gasteiger partial charge in [-0.3, -0.25) is 0 Å². The molecule has 6 heteroatoms. The summed E-state index contributed by atoms with van der Waals surface area (Å²) < 4.78 is 11.1. The van der Waals surface area contributed by atoms with Crippen LogP contribution in [0.2, 0.25) is 0 Å². The normalized spacial score (nSPS) is 17.5. The van der Waals surface area contributed by atoms with Crippen molar-refractivity contribution < 1.29 is 9.47 Å². The van der Waals surface area contributed by atoms with Crippen LogP contribution in [0.25, 0.3) is 0 Å². The van der Waals surface area contributed by atoms with Crippen LogP contribution in [0.5, 0.6) is 5.88 Å². The van der Waals surface area contributed by atoms with Gasteiger partial charge in [-0.15, -0.1) is 0 Å². The molecule has 122 valence electrons. The molecular formula is C16H26N4O2. The Labute approximate surface area is 132 Å². The van der Waals surface area contributed by atoms with Crippen molar-refractivity contribution in [2.24, 2.45) is 10.7 Å². The summed E-state index contributed by atoms with van der Waals surface area (Å²) in [4.78, 5) is 8.70. The lowest BCUT2D eigenvalue weighted by atomic mass is 10.2. The topological polar surface area (TPSA) is 81.8 Å². The maximum atomic E-state index is 6.00. The summed E-state index contributed by atoms with van der Waals surface area (Å²) in [7, 11) is 1.66. The first kappa shape index (κ1) is 16.5. The lowest BCUT2D eigenvalue weighted by molar-refractivity contribution is 0.179. The molecule has 22 heavy (non-hydrogen) atoms. The fraction of sp³-hybridized carbons (Fsp3) is 0.625. The van der Waals surface area contributed by atoms with Crippen LogP contribution >= 0.6 is 0 Å². The highest BCUT2D eigenvalue weighted by Crippen LogP contribution is 2.25. The predicted molar refractivity (Wildman–Crippen MR) is 86.9 cm³/mol. The van der Waals surface area contributed by atoms with Crippen LogP contribution in [-0.2, 0) is 11.3 Å². The number of nitrogens with zero attached hydrogens (tertiary/aromatic N) is 2. The summed E-state index contributed by atoms with van der Waals surface area (Å²) in [6.07, 6.45) is 6.72. The lowest BCUT2D eigenvalue weighted by Crippen LogP contribution is -2.40. The van der Waals surface area contributed by atoms with Gasteiger partial charge >= 0.3 is 0 Å². The van der Waals surface area contributed by atoms with Gasteiger partial charge in [-0.05, 0) is 38.7 Å². The van der Waals surface area contributed by atoms with Crippen LogP contribution in [0.15, 0.2) is 23.3 Å². The molecule has 1 heterocycles. The summed E-state index contributed by atoms with van der Waals surface area (Å²) in [5.74, 6) is 1.08. The van der Waals surface area contributed by atoms with Crippen molar-refractivity contribution in [3.8, 4) is 5.88 Å². The van der Waals surface area contributed by atoms with Gasteiger partial charge < -0.3 is 20.5 Å². The SMILES string of the molecule is COCC(C)NC(N)=NCc1cccnc1OC1CCCC1. The van der Waals surface area contributed by atoms with E-state index in [4.69, 9.17) is 15.2 Å². The lowest BCUT2D eigenvalue weighted by Gasteiger charge is -2.15. The third-order valence-corrected chi connectivity index (χ3v) is 3.66. The first-order valence-electron chi connectivity index (χ1n) is 7.85. The summed E-state index contributed by atoms with van der Waals surface area (Å²) in [6, 6.07) is 3.99. The zero-order valence-electron chi connectivity index (χ0n) is 13.4. The number of rotatable bonds is 7. The maximum absolute atomic E-state index is 6.00. The number of nitrogens with two attached hydrogens (primary N) is 1. The van der Waals surface area contributed by atoms with Crippen LogP contribution in [0.3, 0.4) is 0 Å². The van der Waals surface area contributed by atoms with Crippen molar-refractivity contribution in [2.45, 2.75) is 51.3 Å². The number of pyridine rings is 1. The molecule has 0 spiro atoms. The van der Waals surface area contributed by atoms with Gasteiger partial charge in [0.1, 0.15) is 6.10 Å². The van der Waals surface area contributed by atoms with Gasteiger partial charge in [0, 0.05) is 24.9 Å². The summed E-state index contributed by atoms with van der Waals surface area (Å²) >= 11 is 0. The highest BCUT2D eigenvalue weighted by atomic mass is 16.5. The molecule has 1 aliphatic carbocycles. The minimum absolute atomic E-state index is 0.122. The molecule has 0 saturated heterocycles. The van der Waals surface area contributed by atoms with Gasteiger partial charge in [-0.2, -0.15) is 0 Å². The zero-order valence-corrected chi connectivity index (χ0v) is 13.4. The Morgan fingerprint density at radius 1 is 1.50 bits per heavy atom. The van der Waals surface area contributed by atoms with E-state index in [9.17, 15) is 0 Å². The molecule has 2 rings (SSSR count). The van der Waals surface area contributed by atoms with Gasteiger partial charge in [-0.25, -0.2) is 9.98 Å². The highest BCUT2D eigenvalue weighted by Gasteiger charge is 2.18. The second-order valence-electron chi connectivity index (χ2n) is 5.69. The number of hydrogen-bond acceptors (Lipinski definition) is 4. The number of aromatic nitrogens is 1. The average Bonchev–Trinajstić information content (AvgIpc) is 2.99. The number of nitrogens with one attached hydrogen (secondary N) is 1. The van der Waals surface area contributed by atoms with Crippen LogP contribution in [0.1, 0.15) is 38.2 Å². The van der Waals surface area contributed by atoms with Gasteiger partial charge in [0.05, 0.1) is 13.2 Å². The van der Waals surface area contributed by atoms with E-state index >= 15 is 0 Å². The summed E-state index contributed by atoms with van der Waals surface area (Å²) in [6.45, 7) is 3.03. The molecule has 1 aliphatic rings. The number of guanidine groups is 1.